The zero-order valence-corrected chi connectivity index (χ0v) is 30.8. The second kappa shape index (κ2) is 14.5. The lowest BCUT2D eigenvalue weighted by molar-refractivity contribution is -0.0290. The fourth-order valence-corrected chi connectivity index (χ4v) is 10.6. The normalized spacial score (nSPS) is 32.0. The summed E-state index contributed by atoms with van der Waals surface area (Å²) in [6.07, 6.45) is 9.91. The molecule has 10 nitrogen and oxygen atoms in total. The first kappa shape index (κ1) is 35.3. The number of fused-ring (bicyclic) bond motifs is 4. The van der Waals surface area contributed by atoms with Crippen molar-refractivity contribution in [2.75, 3.05) is 57.2 Å². The molecule has 3 heterocycles. The van der Waals surface area contributed by atoms with Crippen molar-refractivity contribution in [2.45, 2.75) is 70.0 Å². The third-order valence-electron chi connectivity index (χ3n) is 11.3. The Kier molecular flexibility index (Phi) is 10.2. The van der Waals surface area contributed by atoms with Gasteiger partial charge in [0.05, 0.1) is 43.3 Å². The van der Waals surface area contributed by atoms with Crippen LogP contribution < -0.4 is 14.4 Å². The molecule has 2 aliphatic carbocycles. The molecule has 2 aromatic carbocycles. The highest BCUT2D eigenvalue weighted by Crippen LogP contribution is 2.47. The molecule has 50 heavy (non-hydrogen) atoms. The number of aryl methyl sites for hydroxylation is 1. The van der Waals surface area contributed by atoms with Crippen LogP contribution in [0, 0.1) is 17.8 Å². The van der Waals surface area contributed by atoms with E-state index in [1.165, 1.54) is 11.1 Å². The quantitative estimate of drug-likeness (QED) is 0.364. The summed E-state index contributed by atoms with van der Waals surface area (Å²) in [5, 5.41) is 0.744. The van der Waals surface area contributed by atoms with Crippen LogP contribution in [0.15, 0.2) is 52.9 Å². The Balaban J connectivity index is 1.26. The Labute approximate surface area is 301 Å². The number of rotatable bonds is 4. The molecule has 0 radical (unpaired) electrons. The molecule has 1 N–H and O–H groups in total. The number of anilines is 1. The summed E-state index contributed by atoms with van der Waals surface area (Å²) >= 11 is 6.45. The maximum Gasteiger partial charge on any atom is 0.330 e. The fourth-order valence-electron chi connectivity index (χ4n) is 8.51. The largest absolute Gasteiger partial charge is 0.490 e. The maximum absolute atomic E-state index is 14.4. The summed E-state index contributed by atoms with van der Waals surface area (Å²) in [6, 6.07) is 11.1. The second-order valence-electron chi connectivity index (χ2n) is 14.9. The number of ether oxygens (including phenoxy) is 3. The molecule has 2 fully saturated rings. The van der Waals surface area contributed by atoms with Crippen LogP contribution in [-0.2, 0) is 31.2 Å². The average molecular weight is 725 g/mol. The Morgan fingerprint density at radius 1 is 1.18 bits per heavy atom. The van der Waals surface area contributed by atoms with Gasteiger partial charge in [0, 0.05) is 42.8 Å². The molecule has 3 amide bonds. The van der Waals surface area contributed by atoms with Gasteiger partial charge in [0.15, 0.2) is 0 Å². The molecule has 12 heteroatoms. The smallest absolute Gasteiger partial charge is 0.330 e. The number of halogens is 1. The number of likely N-dealkylation sites (tertiary alicyclic amines) is 1. The van der Waals surface area contributed by atoms with Gasteiger partial charge in [-0.1, -0.05) is 36.7 Å². The van der Waals surface area contributed by atoms with E-state index in [0.29, 0.717) is 55.9 Å². The van der Waals surface area contributed by atoms with Crippen molar-refractivity contribution in [2.24, 2.45) is 22.1 Å². The predicted octanol–water partition coefficient (Wildman–Crippen LogP) is 6.40. The van der Waals surface area contributed by atoms with E-state index in [0.717, 1.165) is 55.9 Å². The average Bonchev–Trinajstić information content (AvgIpc) is 3.19. The highest BCUT2D eigenvalue weighted by atomic mass is 35.5. The lowest BCUT2D eigenvalue weighted by atomic mass is 9.68. The molecule has 2 aromatic rings. The number of amides is 3. The fraction of sp³-hybridized carbons (Fsp3) is 0.579. The van der Waals surface area contributed by atoms with Gasteiger partial charge in [-0.25, -0.2) is 9.00 Å². The van der Waals surface area contributed by atoms with Gasteiger partial charge in [0.25, 0.3) is 5.91 Å². The molecular weight excluding hydrogens is 676 g/mol. The Morgan fingerprint density at radius 3 is 2.78 bits per heavy atom. The molecule has 270 valence electrons. The van der Waals surface area contributed by atoms with Crippen LogP contribution in [0.3, 0.4) is 0 Å². The molecule has 2 bridgehead atoms. The van der Waals surface area contributed by atoms with Crippen molar-refractivity contribution in [3.05, 3.63) is 70.3 Å². The first-order valence-electron chi connectivity index (χ1n) is 18.1. The number of carbonyl (C=O) groups excluding carboxylic acids is 2. The molecule has 1 saturated heterocycles. The van der Waals surface area contributed by atoms with Gasteiger partial charge in [0.2, 0.25) is 0 Å². The van der Waals surface area contributed by atoms with Crippen molar-refractivity contribution in [1.29, 1.82) is 0 Å². The van der Waals surface area contributed by atoms with Gasteiger partial charge in [-0.3, -0.25) is 9.52 Å². The van der Waals surface area contributed by atoms with Crippen LogP contribution in [-0.4, -0.2) is 85.5 Å². The summed E-state index contributed by atoms with van der Waals surface area (Å²) in [7, 11) is -1.70. The van der Waals surface area contributed by atoms with E-state index >= 15 is 0 Å². The topological polar surface area (TPSA) is 110 Å². The summed E-state index contributed by atoms with van der Waals surface area (Å²) in [5.41, 5.74) is 3.44. The van der Waals surface area contributed by atoms with Crippen LogP contribution in [0.1, 0.15) is 67.4 Å². The van der Waals surface area contributed by atoms with Crippen molar-refractivity contribution < 1.29 is 28.0 Å². The first-order chi connectivity index (χ1) is 24.1. The summed E-state index contributed by atoms with van der Waals surface area (Å²) in [5.74, 6) is 0.748. The lowest BCUT2D eigenvalue weighted by Crippen LogP contribution is -2.58. The van der Waals surface area contributed by atoms with Gasteiger partial charge in [0.1, 0.15) is 15.7 Å². The van der Waals surface area contributed by atoms with Gasteiger partial charge in [-0.2, -0.15) is 0 Å². The SMILES string of the molecule is CCOC1CN(C(=O)NS2(=O)=NC(=O)c3ccc4c(c3)N(C[C@@H]3CC[C@H]3[C@@H](OC)/C=C/C[C@H](C)C2)C[C@@]2(CCCc3cc(Cl)ccc32)CO4)C1. The van der Waals surface area contributed by atoms with Gasteiger partial charge in [-0.05, 0) is 105 Å². The Morgan fingerprint density at radius 2 is 2.02 bits per heavy atom. The number of urea groups is 1. The number of hydrogen-bond donors (Lipinski definition) is 1. The molecule has 5 aliphatic rings. The monoisotopic (exact) mass is 724 g/mol. The zero-order valence-electron chi connectivity index (χ0n) is 29.3. The Hall–Kier alpha value is -3.12. The van der Waals surface area contributed by atoms with Crippen LogP contribution >= 0.6 is 11.6 Å². The molecule has 7 rings (SSSR count). The number of benzene rings is 2. The lowest BCUT2D eigenvalue weighted by Gasteiger charge is -2.46. The standard InChI is InChI=1S/C38H49ClN4O6S/c1-4-48-30-20-42(21-30)37(45)41-50(46)22-25(2)7-5-9-34(47-3)31-13-10-28(31)19-43-23-38(16-6-8-26-17-29(39)12-14-32(26)38)24-49-35-15-11-27(18-33(35)43)36(44)40-50/h5,9,11-12,14-15,17-18,25,28,30-31,34H,4,6-8,10,13,16,19-24H2,1-3H3,(H,40,41,44,45,46)/b9-5+/t25-,28-,31+,34-,38-,50?/m0/s1. The minimum atomic E-state index is -3.47. The number of nitrogens with zero attached hydrogens (tertiary/aromatic N) is 3. The molecule has 6 atom stereocenters. The highest BCUT2D eigenvalue weighted by molar-refractivity contribution is 7.92. The summed E-state index contributed by atoms with van der Waals surface area (Å²) in [6.45, 7) is 7.27. The maximum atomic E-state index is 14.4. The zero-order chi connectivity index (χ0) is 35.0. The van der Waals surface area contributed by atoms with Crippen LogP contribution in [0.5, 0.6) is 5.75 Å². The van der Waals surface area contributed by atoms with Crippen molar-refractivity contribution in [3.63, 3.8) is 0 Å². The summed E-state index contributed by atoms with van der Waals surface area (Å²) < 4.78 is 39.7. The second-order valence-corrected chi connectivity index (χ2v) is 17.3. The number of carbonyl (C=O) groups is 2. The number of allylic oxidation sites excluding steroid dienone is 1. The third kappa shape index (κ3) is 7.16. The van der Waals surface area contributed by atoms with Crippen LogP contribution in [0.4, 0.5) is 10.5 Å². The molecule has 3 aliphatic heterocycles. The Bertz CT molecular complexity index is 1770. The van der Waals surface area contributed by atoms with E-state index in [4.69, 9.17) is 25.8 Å². The molecule has 1 spiro atoms. The van der Waals surface area contributed by atoms with E-state index in [1.807, 2.05) is 32.0 Å². The van der Waals surface area contributed by atoms with Crippen molar-refractivity contribution in [1.82, 2.24) is 9.62 Å². The minimum Gasteiger partial charge on any atom is -0.490 e. The van der Waals surface area contributed by atoms with E-state index in [1.54, 1.807) is 18.1 Å². The first-order valence-corrected chi connectivity index (χ1v) is 20.1. The van der Waals surface area contributed by atoms with E-state index in [9.17, 15) is 13.8 Å². The number of nitrogens with one attached hydrogen (secondary N) is 1. The van der Waals surface area contributed by atoms with Crippen LogP contribution in [0.25, 0.3) is 0 Å². The highest BCUT2D eigenvalue weighted by Gasteiger charge is 2.44. The van der Waals surface area contributed by atoms with Crippen molar-refractivity contribution >= 4 is 39.1 Å². The van der Waals surface area contributed by atoms with Gasteiger partial charge >= 0.3 is 6.03 Å². The van der Waals surface area contributed by atoms with E-state index in [-0.39, 0.29) is 29.3 Å². The molecular formula is C38H49ClN4O6S. The van der Waals surface area contributed by atoms with Gasteiger partial charge in [-0.15, -0.1) is 4.36 Å². The molecule has 0 aromatic heterocycles. The van der Waals surface area contributed by atoms with Gasteiger partial charge < -0.3 is 24.0 Å². The number of hydrogen-bond acceptors (Lipinski definition) is 7. The predicted molar refractivity (Wildman–Crippen MR) is 195 cm³/mol. The van der Waals surface area contributed by atoms with E-state index < -0.39 is 21.9 Å². The molecule has 1 saturated carbocycles. The molecule has 1 unspecified atom stereocenters. The van der Waals surface area contributed by atoms with E-state index in [2.05, 4.69) is 38.3 Å². The summed E-state index contributed by atoms with van der Waals surface area (Å²) in [4.78, 5) is 31.1. The number of methoxy groups -OCH3 is 1. The van der Waals surface area contributed by atoms with Crippen molar-refractivity contribution in [3.8, 4) is 5.75 Å². The third-order valence-corrected chi connectivity index (χ3v) is 13.5. The minimum absolute atomic E-state index is 0.0351. The van der Waals surface area contributed by atoms with Crippen LogP contribution in [0.2, 0.25) is 5.02 Å².